The quantitative estimate of drug-likeness (QED) is 0.797. The third-order valence-corrected chi connectivity index (χ3v) is 2.57. The molecule has 1 fully saturated rings. The van der Waals surface area contributed by atoms with Gasteiger partial charge in [-0.25, -0.2) is 4.39 Å². The van der Waals surface area contributed by atoms with Crippen LogP contribution in [0.5, 0.6) is 5.75 Å². The number of carbonyl (C=O) groups excluding carboxylic acids is 1. The van der Waals surface area contributed by atoms with E-state index in [2.05, 4.69) is 11.9 Å². The molecular formula is C13H14FNO2. The van der Waals surface area contributed by atoms with Crippen molar-refractivity contribution in [2.24, 2.45) is 5.92 Å². The molecule has 1 aliphatic carbocycles. The number of hydrogen-bond donors (Lipinski definition) is 1. The molecule has 0 saturated heterocycles. The largest absolute Gasteiger partial charge is 0.493 e. The standard InChI is InChI=1S/C13H14FNO2/c1-2-13(16)15-12-6-5-10(7-11(12)14)17-8-9-3-4-9/h2,5-7,9H,1,3-4,8H2,(H,15,16). The van der Waals surface area contributed by atoms with Crippen LogP contribution in [0.3, 0.4) is 0 Å². The summed E-state index contributed by atoms with van der Waals surface area (Å²) in [4.78, 5) is 11.0. The third-order valence-electron chi connectivity index (χ3n) is 2.57. The lowest BCUT2D eigenvalue weighted by atomic mass is 10.3. The van der Waals surface area contributed by atoms with E-state index in [9.17, 15) is 9.18 Å². The van der Waals surface area contributed by atoms with Gasteiger partial charge in [0.1, 0.15) is 11.6 Å². The minimum Gasteiger partial charge on any atom is -0.493 e. The molecule has 0 atom stereocenters. The van der Waals surface area contributed by atoms with E-state index < -0.39 is 11.7 Å². The van der Waals surface area contributed by atoms with Crippen molar-refractivity contribution in [1.82, 2.24) is 0 Å². The fourth-order valence-corrected chi connectivity index (χ4v) is 1.37. The van der Waals surface area contributed by atoms with Gasteiger partial charge in [-0.15, -0.1) is 0 Å². The van der Waals surface area contributed by atoms with Crippen LogP contribution in [-0.4, -0.2) is 12.5 Å². The van der Waals surface area contributed by atoms with Crippen molar-refractivity contribution in [2.45, 2.75) is 12.8 Å². The smallest absolute Gasteiger partial charge is 0.247 e. The van der Waals surface area contributed by atoms with Gasteiger partial charge in [0.15, 0.2) is 0 Å². The molecule has 0 bridgehead atoms. The van der Waals surface area contributed by atoms with Crippen molar-refractivity contribution in [3.05, 3.63) is 36.7 Å². The SMILES string of the molecule is C=CC(=O)Nc1ccc(OCC2CC2)cc1F. The van der Waals surface area contributed by atoms with Gasteiger partial charge >= 0.3 is 0 Å². The second kappa shape index (κ2) is 4.99. The van der Waals surface area contributed by atoms with Crippen molar-refractivity contribution >= 4 is 11.6 Å². The summed E-state index contributed by atoms with van der Waals surface area (Å²) >= 11 is 0. The maximum absolute atomic E-state index is 13.6. The van der Waals surface area contributed by atoms with Crippen LogP contribution >= 0.6 is 0 Å². The van der Waals surface area contributed by atoms with Crippen LogP contribution in [-0.2, 0) is 4.79 Å². The van der Waals surface area contributed by atoms with E-state index in [1.807, 2.05) is 0 Å². The molecule has 3 nitrogen and oxygen atoms in total. The summed E-state index contributed by atoms with van der Waals surface area (Å²) in [5.41, 5.74) is 0.133. The molecule has 1 amide bonds. The number of anilines is 1. The van der Waals surface area contributed by atoms with E-state index in [-0.39, 0.29) is 5.69 Å². The van der Waals surface area contributed by atoms with E-state index in [1.165, 1.54) is 25.0 Å². The van der Waals surface area contributed by atoms with Crippen LogP contribution in [0.15, 0.2) is 30.9 Å². The topological polar surface area (TPSA) is 38.3 Å². The highest BCUT2D eigenvalue weighted by Crippen LogP contribution is 2.30. The molecule has 1 N–H and O–H groups in total. The summed E-state index contributed by atoms with van der Waals surface area (Å²) in [6.07, 6.45) is 3.48. The number of nitrogens with one attached hydrogen (secondary N) is 1. The zero-order valence-corrected chi connectivity index (χ0v) is 9.41. The molecule has 2 rings (SSSR count). The Morgan fingerprint density at radius 1 is 1.59 bits per heavy atom. The van der Waals surface area contributed by atoms with Crippen molar-refractivity contribution in [3.8, 4) is 5.75 Å². The predicted molar refractivity (Wildman–Crippen MR) is 63.4 cm³/mol. The van der Waals surface area contributed by atoms with Crippen LogP contribution < -0.4 is 10.1 Å². The maximum atomic E-state index is 13.6. The Bertz CT molecular complexity index is 441. The van der Waals surface area contributed by atoms with Gasteiger partial charge < -0.3 is 10.1 Å². The van der Waals surface area contributed by atoms with Crippen molar-refractivity contribution in [2.75, 3.05) is 11.9 Å². The molecule has 0 radical (unpaired) electrons. The lowest BCUT2D eigenvalue weighted by Crippen LogP contribution is -2.09. The van der Waals surface area contributed by atoms with Crippen LogP contribution in [0.25, 0.3) is 0 Å². The molecule has 1 aromatic carbocycles. The first-order valence-electron chi connectivity index (χ1n) is 5.55. The Morgan fingerprint density at radius 3 is 2.94 bits per heavy atom. The average Bonchev–Trinajstić information content (AvgIpc) is 3.13. The molecule has 90 valence electrons. The molecule has 1 aromatic rings. The number of ether oxygens (including phenoxy) is 1. The predicted octanol–water partition coefficient (Wildman–Crippen LogP) is 2.74. The van der Waals surface area contributed by atoms with Gasteiger partial charge in [-0.05, 0) is 37.0 Å². The van der Waals surface area contributed by atoms with Gasteiger partial charge in [0.05, 0.1) is 12.3 Å². The van der Waals surface area contributed by atoms with E-state index in [1.54, 1.807) is 6.07 Å². The van der Waals surface area contributed by atoms with Crippen molar-refractivity contribution in [1.29, 1.82) is 0 Å². The van der Waals surface area contributed by atoms with Crippen molar-refractivity contribution in [3.63, 3.8) is 0 Å². The number of rotatable bonds is 5. The summed E-state index contributed by atoms with van der Waals surface area (Å²) in [7, 11) is 0. The first-order chi connectivity index (χ1) is 8.19. The highest BCUT2D eigenvalue weighted by molar-refractivity contribution is 5.98. The summed E-state index contributed by atoms with van der Waals surface area (Å²) < 4.78 is 19.0. The summed E-state index contributed by atoms with van der Waals surface area (Å²) in [5, 5.41) is 2.38. The molecule has 0 heterocycles. The molecule has 0 spiro atoms. The van der Waals surface area contributed by atoms with Gasteiger partial charge in [-0.2, -0.15) is 0 Å². The Balaban J connectivity index is 1.99. The zero-order chi connectivity index (χ0) is 12.3. The average molecular weight is 235 g/mol. The fourth-order valence-electron chi connectivity index (χ4n) is 1.37. The minimum atomic E-state index is -0.506. The van der Waals surface area contributed by atoms with Crippen LogP contribution in [0, 0.1) is 11.7 Å². The Hall–Kier alpha value is -1.84. The summed E-state index contributed by atoms with van der Waals surface area (Å²) in [5.74, 6) is 0.174. The van der Waals surface area contributed by atoms with Crippen LogP contribution in [0.2, 0.25) is 0 Å². The molecule has 0 aliphatic heterocycles. The van der Waals surface area contributed by atoms with Gasteiger partial charge in [0.25, 0.3) is 0 Å². The minimum absolute atomic E-state index is 0.133. The monoisotopic (exact) mass is 235 g/mol. The first kappa shape index (κ1) is 11.6. The highest BCUT2D eigenvalue weighted by Gasteiger charge is 2.22. The lowest BCUT2D eigenvalue weighted by molar-refractivity contribution is -0.111. The fraction of sp³-hybridized carbons (Fsp3) is 0.308. The number of amides is 1. The highest BCUT2D eigenvalue weighted by atomic mass is 19.1. The second-order valence-electron chi connectivity index (χ2n) is 4.09. The summed E-state index contributed by atoms with van der Waals surface area (Å²) in [6.45, 7) is 3.94. The van der Waals surface area contributed by atoms with Crippen LogP contribution in [0.4, 0.5) is 10.1 Å². The number of hydrogen-bond acceptors (Lipinski definition) is 2. The number of carbonyl (C=O) groups is 1. The van der Waals surface area contributed by atoms with E-state index >= 15 is 0 Å². The Kier molecular flexibility index (Phi) is 3.42. The van der Waals surface area contributed by atoms with E-state index in [0.717, 1.165) is 6.08 Å². The lowest BCUT2D eigenvalue weighted by Gasteiger charge is -2.08. The first-order valence-corrected chi connectivity index (χ1v) is 5.55. The van der Waals surface area contributed by atoms with Gasteiger partial charge in [-0.3, -0.25) is 4.79 Å². The normalized spacial score (nSPS) is 14.2. The maximum Gasteiger partial charge on any atom is 0.247 e. The van der Waals surface area contributed by atoms with E-state index in [0.29, 0.717) is 18.3 Å². The van der Waals surface area contributed by atoms with Gasteiger partial charge in [0, 0.05) is 6.07 Å². The Labute approximate surface area is 99.3 Å². The second-order valence-corrected chi connectivity index (χ2v) is 4.09. The third kappa shape index (κ3) is 3.31. The molecule has 0 aromatic heterocycles. The molecule has 1 aliphatic rings. The van der Waals surface area contributed by atoms with Gasteiger partial charge in [-0.1, -0.05) is 6.58 Å². The number of halogens is 1. The van der Waals surface area contributed by atoms with E-state index in [4.69, 9.17) is 4.74 Å². The molecular weight excluding hydrogens is 221 g/mol. The molecule has 17 heavy (non-hydrogen) atoms. The van der Waals surface area contributed by atoms with Crippen LogP contribution in [0.1, 0.15) is 12.8 Å². The molecule has 1 saturated carbocycles. The van der Waals surface area contributed by atoms with Crippen molar-refractivity contribution < 1.29 is 13.9 Å². The van der Waals surface area contributed by atoms with Gasteiger partial charge in [0.2, 0.25) is 5.91 Å². The molecule has 0 unspecified atom stereocenters. The number of benzene rings is 1. The molecule has 4 heteroatoms. The Morgan fingerprint density at radius 2 is 2.35 bits per heavy atom. The summed E-state index contributed by atoms with van der Waals surface area (Å²) in [6, 6.07) is 4.41. The zero-order valence-electron chi connectivity index (χ0n) is 9.41.